The molecule has 0 aromatic heterocycles. The van der Waals surface area contributed by atoms with Crippen LogP contribution in [-0.4, -0.2) is 29.1 Å². The van der Waals surface area contributed by atoms with Crippen LogP contribution >= 0.6 is 0 Å². The number of primary sulfonamides is 1. The summed E-state index contributed by atoms with van der Waals surface area (Å²) in [6, 6.07) is 5.88. The van der Waals surface area contributed by atoms with E-state index in [9.17, 15) is 16.8 Å². The summed E-state index contributed by atoms with van der Waals surface area (Å²) in [5, 5.41) is 4.75. The van der Waals surface area contributed by atoms with Gasteiger partial charge in [0.1, 0.15) is 4.90 Å². The van der Waals surface area contributed by atoms with Gasteiger partial charge in [0.15, 0.2) is 0 Å². The third-order valence-corrected chi connectivity index (χ3v) is 4.20. The number of nitrogens with two attached hydrogens (primary N) is 2. The van der Waals surface area contributed by atoms with Gasteiger partial charge in [-0.05, 0) is 12.1 Å². The lowest BCUT2D eigenvalue weighted by molar-refractivity contribution is 0.581. The zero-order valence-electron chi connectivity index (χ0n) is 8.83. The van der Waals surface area contributed by atoms with Gasteiger partial charge in [0, 0.05) is 6.54 Å². The molecule has 0 unspecified atom stereocenters. The van der Waals surface area contributed by atoms with Crippen molar-refractivity contribution in [2.45, 2.75) is 4.90 Å². The van der Waals surface area contributed by atoms with E-state index < -0.39 is 25.8 Å². The topological polar surface area (TPSA) is 132 Å². The molecule has 0 aliphatic carbocycles. The Morgan fingerprint density at radius 3 is 2.24 bits per heavy atom. The van der Waals surface area contributed by atoms with E-state index in [1.54, 1.807) is 6.07 Å². The molecular formula is C8H13N3O4S2. The van der Waals surface area contributed by atoms with Crippen molar-refractivity contribution < 1.29 is 16.8 Å². The molecule has 0 saturated carbocycles. The molecule has 0 aliphatic heterocycles. The number of sulfonamides is 2. The number of para-hydroxylation sites is 1. The fourth-order valence-corrected chi connectivity index (χ4v) is 2.80. The Bertz CT molecular complexity index is 595. The molecule has 96 valence electrons. The van der Waals surface area contributed by atoms with Gasteiger partial charge in [0.2, 0.25) is 20.0 Å². The van der Waals surface area contributed by atoms with Crippen LogP contribution in [0.1, 0.15) is 0 Å². The lowest BCUT2D eigenvalue weighted by atomic mass is 10.3. The van der Waals surface area contributed by atoms with Crippen LogP contribution in [0.3, 0.4) is 0 Å². The van der Waals surface area contributed by atoms with E-state index in [0.717, 1.165) is 0 Å². The van der Waals surface area contributed by atoms with Crippen LogP contribution in [0, 0.1) is 0 Å². The van der Waals surface area contributed by atoms with Crippen LogP contribution < -0.4 is 15.6 Å². The number of hydrogen-bond acceptors (Lipinski definition) is 5. The number of hydrogen-bond donors (Lipinski definition) is 3. The normalized spacial score (nSPS) is 12.5. The summed E-state index contributed by atoms with van der Waals surface area (Å²) in [6.45, 7) is -0.296. The van der Waals surface area contributed by atoms with Crippen molar-refractivity contribution in [1.29, 1.82) is 0 Å². The van der Waals surface area contributed by atoms with Crippen molar-refractivity contribution in [3.63, 3.8) is 0 Å². The molecule has 1 aromatic rings. The summed E-state index contributed by atoms with van der Waals surface area (Å²) in [5.41, 5.74) is 5.60. The number of rotatable bonds is 5. The highest BCUT2D eigenvalue weighted by molar-refractivity contribution is 7.90. The number of nitrogens with one attached hydrogen (secondary N) is 1. The average Bonchev–Trinajstić information content (AvgIpc) is 2.15. The maximum absolute atomic E-state index is 11.7. The highest BCUT2D eigenvalue weighted by Crippen LogP contribution is 2.16. The predicted octanol–water partition coefficient (Wildman–Crippen LogP) is -1.16. The van der Waals surface area contributed by atoms with Crippen molar-refractivity contribution in [3.8, 4) is 0 Å². The van der Waals surface area contributed by atoms with Gasteiger partial charge in [-0.25, -0.2) is 26.7 Å². The second kappa shape index (κ2) is 5.00. The molecule has 0 bridgehead atoms. The second-order valence-corrected chi connectivity index (χ2v) is 6.77. The summed E-state index contributed by atoms with van der Waals surface area (Å²) < 4.78 is 46.8. The van der Waals surface area contributed by atoms with E-state index in [2.05, 4.69) is 4.72 Å². The quantitative estimate of drug-likeness (QED) is 0.584. The predicted molar refractivity (Wildman–Crippen MR) is 64.0 cm³/mol. The SMILES string of the molecule is Nc1ccccc1S(=O)(=O)NCCS(N)(=O)=O. The molecule has 7 nitrogen and oxygen atoms in total. The molecule has 5 N–H and O–H groups in total. The summed E-state index contributed by atoms with van der Waals surface area (Å²) in [7, 11) is -7.51. The van der Waals surface area contributed by atoms with Gasteiger partial charge in [-0.1, -0.05) is 12.1 Å². The van der Waals surface area contributed by atoms with Gasteiger partial charge in [0.25, 0.3) is 0 Å². The summed E-state index contributed by atoms with van der Waals surface area (Å²) in [5.74, 6) is -0.473. The highest BCUT2D eigenvalue weighted by atomic mass is 32.2. The summed E-state index contributed by atoms with van der Waals surface area (Å²) in [6.07, 6.45) is 0. The molecule has 0 spiro atoms. The van der Waals surface area contributed by atoms with Crippen molar-refractivity contribution >= 4 is 25.7 Å². The summed E-state index contributed by atoms with van der Waals surface area (Å²) in [4.78, 5) is -0.0885. The Morgan fingerprint density at radius 1 is 1.12 bits per heavy atom. The third kappa shape index (κ3) is 4.30. The first-order valence-electron chi connectivity index (χ1n) is 4.57. The van der Waals surface area contributed by atoms with Crippen LogP contribution in [0.2, 0.25) is 0 Å². The van der Waals surface area contributed by atoms with Gasteiger partial charge in [-0.2, -0.15) is 0 Å². The maximum atomic E-state index is 11.7. The monoisotopic (exact) mass is 279 g/mol. The molecular weight excluding hydrogens is 266 g/mol. The largest absolute Gasteiger partial charge is 0.398 e. The Kier molecular flexibility index (Phi) is 4.09. The van der Waals surface area contributed by atoms with Crippen LogP contribution in [-0.2, 0) is 20.0 Å². The number of nitrogen functional groups attached to an aromatic ring is 1. The Labute approximate surface area is 99.9 Å². The Morgan fingerprint density at radius 2 is 1.71 bits per heavy atom. The molecule has 0 saturated heterocycles. The van der Waals surface area contributed by atoms with Crippen molar-refractivity contribution in [3.05, 3.63) is 24.3 Å². The van der Waals surface area contributed by atoms with E-state index in [1.807, 2.05) is 0 Å². The lowest BCUT2D eigenvalue weighted by Gasteiger charge is -2.07. The van der Waals surface area contributed by atoms with Crippen molar-refractivity contribution in [2.75, 3.05) is 18.0 Å². The van der Waals surface area contributed by atoms with Crippen LogP contribution in [0.15, 0.2) is 29.2 Å². The van der Waals surface area contributed by atoms with E-state index in [-0.39, 0.29) is 17.1 Å². The first kappa shape index (κ1) is 13.9. The maximum Gasteiger partial charge on any atom is 0.242 e. The van der Waals surface area contributed by atoms with Gasteiger partial charge >= 0.3 is 0 Å². The minimum absolute atomic E-state index is 0.0885. The fraction of sp³-hybridized carbons (Fsp3) is 0.250. The van der Waals surface area contributed by atoms with E-state index in [4.69, 9.17) is 10.9 Å². The van der Waals surface area contributed by atoms with Crippen molar-refractivity contribution in [1.82, 2.24) is 4.72 Å². The molecule has 0 atom stereocenters. The standard InChI is InChI=1S/C8H13N3O4S2/c9-7-3-1-2-4-8(7)17(14,15)11-5-6-16(10,12)13/h1-4,11H,5-6,9H2,(H2,10,12,13). The zero-order valence-corrected chi connectivity index (χ0v) is 10.5. The molecule has 9 heteroatoms. The highest BCUT2D eigenvalue weighted by Gasteiger charge is 2.16. The minimum Gasteiger partial charge on any atom is -0.398 e. The number of anilines is 1. The average molecular weight is 279 g/mol. The molecule has 0 aliphatic rings. The smallest absolute Gasteiger partial charge is 0.242 e. The van der Waals surface area contributed by atoms with E-state index in [0.29, 0.717) is 0 Å². The van der Waals surface area contributed by atoms with Crippen LogP contribution in [0.5, 0.6) is 0 Å². The minimum atomic E-state index is -3.81. The Balaban J connectivity index is 2.81. The van der Waals surface area contributed by atoms with Gasteiger partial charge < -0.3 is 5.73 Å². The molecule has 17 heavy (non-hydrogen) atoms. The van der Waals surface area contributed by atoms with Gasteiger partial charge in [0.05, 0.1) is 11.4 Å². The lowest BCUT2D eigenvalue weighted by Crippen LogP contribution is -2.31. The zero-order chi connectivity index (χ0) is 13.1. The molecule has 0 amide bonds. The molecule has 0 radical (unpaired) electrons. The van der Waals surface area contributed by atoms with Crippen LogP contribution in [0.25, 0.3) is 0 Å². The molecule has 0 heterocycles. The second-order valence-electron chi connectivity index (χ2n) is 3.30. The third-order valence-electron chi connectivity index (χ3n) is 1.89. The van der Waals surface area contributed by atoms with Gasteiger partial charge in [-0.3, -0.25) is 0 Å². The van der Waals surface area contributed by atoms with E-state index >= 15 is 0 Å². The van der Waals surface area contributed by atoms with E-state index in [1.165, 1.54) is 18.2 Å². The Hall–Kier alpha value is -1.16. The molecule has 0 fully saturated rings. The van der Waals surface area contributed by atoms with Crippen molar-refractivity contribution in [2.24, 2.45) is 5.14 Å². The van der Waals surface area contributed by atoms with Gasteiger partial charge in [-0.15, -0.1) is 0 Å². The van der Waals surface area contributed by atoms with Crippen LogP contribution in [0.4, 0.5) is 5.69 Å². The first-order chi connectivity index (χ1) is 7.72. The number of benzene rings is 1. The molecule has 1 aromatic carbocycles. The first-order valence-corrected chi connectivity index (χ1v) is 7.77. The summed E-state index contributed by atoms with van der Waals surface area (Å²) >= 11 is 0. The fourth-order valence-electron chi connectivity index (χ4n) is 1.12. The molecule has 1 rings (SSSR count).